The van der Waals surface area contributed by atoms with E-state index in [2.05, 4.69) is 53.6 Å². The van der Waals surface area contributed by atoms with Crippen molar-refractivity contribution in [1.82, 2.24) is 4.90 Å². The van der Waals surface area contributed by atoms with Gasteiger partial charge in [-0.15, -0.1) is 0 Å². The molecule has 0 amide bonds. The van der Waals surface area contributed by atoms with E-state index in [9.17, 15) is 0 Å². The van der Waals surface area contributed by atoms with Crippen LogP contribution in [0.1, 0.15) is 53.9 Å². The van der Waals surface area contributed by atoms with E-state index in [-0.39, 0.29) is 0 Å². The second-order valence-corrected chi connectivity index (χ2v) is 9.68. The molecule has 1 aliphatic heterocycles. The van der Waals surface area contributed by atoms with E-state index in [1.165, 1.54) is 56.5 Å². The van der Waals surface area contributed by atoms with Crippen molar-refractivity contribution >= 4 is 0 Å². The number of hydrogen-bond donors (Lipinski definition) is 0. The Labute approximate surface area is 139 Å². The predicted octanol–water partition coefficient (Wildman–Crippen LogP) is 3.64. The highest BCUT2D eigenvalue weighted by Gasteiger charge is 2.29. The van der Waals surface area contributed by atoms with Gasteiger partial charge in [0.1, 0.15) is 13.1 Å². The Kier molecular flexibility index (Phi) is 7.35. The standard InChI is InChI=1S/C19H41N2O/c1-18(2,3)8-11-20(6)12-9-19(4,5)10-13-21(7)14-16-22-17-15-21/h8-17H2,1-7H3/q+1. The van der Waals surface area contributed by atoms with Crippen LogP contribution in [0.4, 0.5) is 0 Å². The number of ether oxygens (including phenoxy) is 1. The van der Waals surface area contributed by atoms with Gasteiger partial charge in [-0.05, 0) is 43.8 Å². The maximum atomic E-state index is 5.51. The molecule has 0 aromatic carbocycles. The fraction of sp³-hybridized carbons (Fsp3) is 1.00. The Balaban J connectivity index is 2.27. The van der Waals surface area contributed by atoms with Gasteiger partial charge < -0.3 is 14.1 Å². The summed E-state index contributed by atoms with van der Waals surface area (Å²) >= 11 is 0. The molecular weight excluding hydrogens is 272 g/mol. The number of hydrogen-bond acceptors (Lipinski definition) is 2. The molecule has 0 unspecified atom stereocenters. The predicted molar refractivity (Wildman–Crippen MR) is 96.2 cm³/mol. The van der Waals surface area contributed by atoms with Crippen LogP contribution in [0.3, 0.4) is 0 Å². The molecule has 0 aliphatic carbocycles. The van der Waals surface area contributed by atoms with Gasteiger partial charge in [-0.25, -0.2) is 0 Å². The van der Waals surface area contributed by atoms with Crippen LogP contribution in [-0.2, 0) is 4.74 Å². The molecule has 22 heavy (non-hydrogen) atoms. The van der Waals surface area contributed by atoms with Gasteiger partial charge in [0, 0.05) is 6.42 Å². The normalized spacial score (nSPS) is 19.6. The Hall–Kier alpha value is -0.120. The van der Waals surface area contributed by atoms with Crippen molar-refractivity contribution in [1.29, 1.82) is 0 Å². The van der Waals surface area contributed by atoms with Gasteiger partial charge in [0.15, 0.2) is 0 Å². The third-order valence-electron chi connectivity index (χ3n) is 5.29. The highest BCUT2D eigenvalue weighted by atomic mass is 16.5. The number of likely N-dealkylation sites (N-methyl/N-ethyl adjacent to an activating group) is 1. The minimum absolute atomic E-state index is 0.440. The van der Waals surface area contributed by atoms with E-state index in [1.54, 1.807) is 0 Å². The summed E-state index contributed by atoms with van der Waals surface area (Å²) in [4.78, 5) is 2.51. The molecule has 3 nitrogen and oxygen atoms in total. The summed E-state index contributed by atoms with van der Waals surface area (Å²) in [6.07, 6.45) is 3.89. The van der Waals surface area contributed by atoms with E-state index in [0.29, 0.717) is 10.8 Å². The van der Waals surface area contributed by atoms with Crippen molar-refractivity contribution in [2.24, 2.45) is 10.8 Å². The van der Waals surface area contributed by atoms with Gasteiger partial charge >= 0.3 is 0 Å². The zero-order valence-corrected chi connectivity index (χ0v) is 16.4. The Morgan fingerprint density at radius 3 is 2.00 bits per heavy atom. The van der Waals surface area contributed by atoms with Crippen LogP contribution in [0.15, 0.2) is 0 Å². The minimum atomic E-state index is 0.440. The number of morpholine rings is 1. The quantitative estimate of drug-likeness (QED) is 0.634. The number of rotatable bonds is 8. The van der Waals surface area contributed by atoms with Crippen LogP contribution in [0.5, 0.6) is 0 Å². The van der Waals surface area contributed by atoms with E-state index >= 15 is 0 Å². The SMILES string of the molecule is CN(CCC(C)(C)C)CCC(C)(C)CC[N+]1(C)CCOCC1. The first-order valence-corrected chi connectivity index (χ1v) is 9.11. The molecule has 0 saturated carbocycles. The van der Waals surface area contributed by atoms with Crippen molar-refractivity contribution in [3.05, 3.63) is 0 Å². The fourth-order valence-corrected chi connectivity index (χ4v) is 2.84. The van der Waals surface area contributed by atoms with Crippen molar-refractivity contribution in [3.63, 3.8) is 0 Å². The molecule has 0 spiro atoms. The molecule has 1 heterocycles. The average Bonchev–Trinajstić information content (AvgIpc) is 2.41. The molecule has 1 rings (SSSR count). The van der Waals surface area contributed by atoms with Crippen molar-refractivity contribution in [2.45, 2.75) is 53.9 Å². The first-order chi connectivity index (χ1) is 10.0. The molecule has 132 valence electrons. The van der Waals surface area contributed by atoms with Crippen LogP contribution in [0, 0.1) is 10.8 Å². The smallest absolute Gasteiger partial charge is 0.102 e. The third-order valence-corrected chi connectivity index (χ3v) is 5.29. The summed E-state index contributed by atoms with van der Waals surface area (Å²) in [5.41, 5.74) is 0.883. The number of nitrogens with zero attached hydrogens (tertiary/aromatic N) is 2. The molecular formula is C19H41N2O+. The summed E-state index contributed by atoms with van der Waals surface area (Å²) < 4.78 is 6.71. The second-order valence-electron chi connectivity index (χ2n) is 9.68. The summed E-state index contributed by atoms with van der Waals surface area (Å²) in [5, 5.41) is 0. The van der Waals surface area contributed by atoms with Gasteiger partial charge in [0.25, 0.3) is 0 Å². The summed E-state index contributed by atoms with van der Waals surface area (Å²) in [6.45, 7) is 19.8. The summed E-state index contributed by atoms with van der Waals surface area (Å²) in [6, 6.07) is 0. The number of quaternary nitrogens is 1. The van der Waals surface area contributed by atoms with Gasteiger partial charge in [0.2, 0.25) is 0 Å². The molecule has 0 radical (unpaired) electrons. The van der Waals surface area contributed by atoms with E-state index in [1.807, 2.05) is 0 Å². The maximum absolute atomic E-state index is 5.51. The van der Waals surface area contributed by atoms with Crippen LogP contribution in [0.25, 0.3) is 0 Å². The van der Waals surface area contributed by atoms with Crippen LogP contribution in [-0.4, -0.2) is 69.4 Å². The highest BCUT2D eigenvalue weighted by Crippen LogP contribution is 2.27. The Morgan fingerprint density at radius 2 is 1.45 bits per heavy atom. The largest absolute Gasteiger partial charge is 0.370 e. The van der Waals surface area contributed by atoms with Crippen molar-refractivity contribution < 1.29 is 9.22 Å². The van der Waals surface area contributed by atoms with Crippen LogP contribution in [0.2, 0.25) is 0 Å². The zero-order chi connectivity index (χ0) is 16.9. The van der Waals surface area contributed by atoms with Crippen molar-refractivity contribution in [2.75, 3.05) is 60.0 Å². The molecule has 0 bridgehead atoms. The van der Waals surface area contributed by atoms with E-state index in [4.69, 9.17) is 4.74 Å². The van der Waals surface area contributed by atoms with E-state index in [0.717, 1.165) is 13.2 Å². The van der Waals surface area contributed by atoms with Gasteiger partial charge in [-0.3, -0.25) is 0 Å². The lowest BCUT2D eigenvalue weighted by Crippen LogP contribution is -2.53. The summed E-state index contributed by atoms with van der Waals surface area (Å²) in [7, 11) is 4.67. The fourth-order valence-electron chi connectivity index (χ4n) is 2.84. The second kappa shape index (κ2) is 8.12. The molecule has 0 N–H and O–H groups in total. The lowest BCUT2D eigenvalue weighted by Gasteiger charge is -2.40. The molecule has 3 heteroatoms. The van der Waals surface area contributed by atoms with Crippen LogP contribution >= 0.6 is 0 Å². The minimum Gasteiger partial charge on any atom is -0.370 e. The van der Waals surface area contributed by atoms with Crippen LogP contribution < -0.4 is 0 Å². The van der Waals surface area contributed by atoms with Gasteiger partial charge in [-0.1, -0.05) is 34.6 Å². The zero-order valence-electron chi connectivity index (χ0n) is 16.4. The molecule has 1 fully saturated rings. The third kappa shape index (κ3) is 8.50. The molecule has 1 aliphatic rings. The first-order valence-electron chi connectivity index (χ1n) is 9.11. The lowest BCUT2D eigenvalue weighted by molar-refractivity contribution is -0.917. The Morgan fingerprint density at radius 1 is 0.909 bits per heavy atom. The lowest BCUT2D eigenvalue weighted by atomic mass is 9.84. The first kappa shape index (κ1) is 19.9. The monoisotopic (exact) mass is 313 g/mol. The molecule has 0 atom stereocenters. The van der Waals surface area contributed by atoms with Gasteiger partial charge in [-0.2, -0.15) is 0 Å². The topological polar surface area (TPSA) is 12.5 Å². The molecule has 0 aromatic rings. The molecule has 0 aromatic heterocycles. The molecule has 1 saturated heterocycles. The average molecular weight is 314 g/mol. The maximum Gasteiger partial charge on any atom is 0.102 e. The van der Waals surface area contributed by atoms with Crippen molar-refractivity contribution in [3.8, 4) is 0 Å². The van der Waals surface area contributed by atoms with E-state index < -0.39 is 0 Å². The van der Waals surface area contributed by atoms with Gasteiger partial charge in [0.05, 0.1) is 26.8 Å². The summed E-state index contributed by atoms with van der Waals surface area (Å²) in [5.74, 6) is 0. The highest BCUT2D eigenvalue weighted by molar-refractivity contribution is 4.72. The Bertz CT molecular complexity index is 314.